The average Bonchev–Trinajstić information content (AvgIpc) is 3.16. The van der Waals surface area contributed by atoms with Gasteiger partial charge in [-0.2, -0.15) is 0 Å². The molecular weight excluding hydrogens is 422 g/mol. The van der Waals surface area contributed by atoms with E-state index in [-0.39, 0.29) is 5.91 Å². The number of hydrogen-bond donors (Lipinski definition) is 0. The van der Waals surface area contributed by atoms with Gasteiger partial charge in [0.1, 0.15) is 0 Å². The maximum absolute atomic E-state index is 12.8. The van der Waals surface area contributed by atoms with Gasteiger partial charge in [-0.1, -0.05) is 23.9 Å². The maximum Gasteiger partial charge on any atom is 0.233 e. The fraction of sp³-hybridized carbons (Fsp3) is 0.450. The Hall–Kier alpha value is -1.68. The van der Waals surface area contributed by atoms with Gasteiger partial charge >= 0.3 is 0 Å². The Morgan fingerprint density at radius 3 is 2.55 bits per heavy atom. The number of piperazine rings is 1. The van der Waals surface area contributed by atoms with Crippen molar-refractivity contribution >= 4 is 40.3 Å². The molecule has 0 radical (unpaired) electrons. The first-order valence-electron chi connectivity index (χ1n) is 9.92. The zero-order valence-electron chi connectivity index (χ0n) is 16.1. The number of thioether (sulfide) groups is 1. The quantitative estimate of drug-likeness (QED) is 0.517. The lowest BCUT2D eigenvalue weighted by molar-refractivity contribution is -0.130. The summed E-state index contributed by atoms with van der Waals surface area (Å²) in [5, 5.41) is 13.9. The van der Waals surface area contributed by atoms with Gasteiger partial charge in [-0.25, -0.2) is 0 Å². The second-order valence-electron chi connectivity index (χ2n) is 7.41. The summed E-state index contributed by atoms with van der Waals surface area (Å²) in [6.45, 7) is 4.48. The monoisotopic (exact) mass is 445 g/mol. The summed E-state index contributed by atoms with van der Waals surface area (Å²) >= 11 is 5.02. The zero-order chi connectivity index (χ0) is 19.6. The van der Waals surface area contributed by atoms with Crippen molar-refractivity contribution in [2.24, 2.45) is 0 Å². The predicted octanol–water partition coefficient (Wildman–Crippen LogP) is 3.84. The van der Waals surface area contributed by atoms with Crippen molar-refractivity contribution in [3.63, 3.8) is 0 Å². The van der Waals surface area contributed by atoms with Gasteiger partial charge in [0.25, 0.3) is 0 Å². The van der Waals surface area contributed by atoms with Crippen molar-refractivity contribution < 1.29 is 4.79 Å². The molecule has 2 aliphatic rings. The fourth-order valence-corrected chi connectivity index (χ4v) is 5.97. The Bertz CT molecular complexity index is 941. The molecule has 0 atom stereocenters. The molecule has 0 spiro atoms. The zero-order valence-corrected chi connectivity index (χ0v) is 18.5. The van der Waals surface area contributed by atoms with E-state index in [0.717, 1.165) is 48.6 Å². The first kappa shape index (κ1) is 19.3. The minimum absolute atomic E-state index is 0.203. The second kappa shape index (κ2) is 8.59. The van der Waals surface area contributed by atoms with E-state index in [2.05, 4.69) is 48.6 Å². The third-order valence-electron chi connectivity index (χ3n) is 5.33. The summed E-state index contributed by atoms with van der Waals surface area (Å²) in [6.07, 6.45) is 2.34. The molecule has 1 aliphatic heterocycles. The van der Waals surface area contributed by atoms with Crippen LogP contribution in [-0.2, 0) is 11.3 Å². The molecule has 29 heavy (non-hydrogen) atoms. The number of carbonyl (C=O) groups excluding carboxylic acids is 1. The first-order chi connectivity index (χ1) is 14.3. The highest BCUT2D eigenvalue weighted by atomic mass is 32.2. The second-order valence-corrected chi connectivity index (χ2v) is 10.3. The van der Waals surface area contributed by atoms with Crippen LogP contribution in [0.3, 0.4) is 0 Å². The fourth-order valence-electron chi connectivity index (χ4n) is 3.61. The Morgan fingerprint density at radius 1 is 1.07 bits per heavy atom. The molecule has 1 amide bonds. The van der Waals surface area contributed by atoms with Crippen LogP contribution in [0.15, 0.2) is 40.2 Å². The molecule has 9 heteroatoms. The minimum Gasteiger partial charge on any atom is -0.339 e. The molecule has 0 unspecified atom stereocenters. The van der Waals surface area contributed by atoms with Gasteiger partial charge in [-0.05, 0) is 35.7 Å². The molecule has 3 aromatic rings. The maximum atomic E-state index is 12.8. The van der Waals surface area contributed by atoms with Crippen molar-refractivity contribution in [2.75, 3.05) is 31.9 Å². The Labute approximate surface area is 182 Å². The third kappa shape index (κ3) is 4.42. The van der Waals surface area contributed by atoms with E-state index < -0.39 is 0 Å². The van der Waals surface area contributed by atoms with Crippen molar-refractivity contribution in [3.05, 3.63) is 39.9 Å². The Balaban J connectivity index is 1.17. The van der Waals surface area contributed by atoms with E-state index in [1.165, 1.54) is 29.5 Å². The number of thiophene rings is 2. The SMILES string of the molecule is O=C(CSc1nnc(-c2cccs2)n1C1CC1)N1CCN(Cc2cccs2)CC1. The molecule has 0 N–H and O–H groups in total. The van der Waals surface area contributed by atoms with E-state index in [1.54, 1.807) is 22.7 Å². The Kier molecular flexibility index (Phi) is 5.72. The van der Waals surface area contributed by atoms with Gasteiger partial charge < -0.3 is 4.90 Å². The summed E-state index contributed by atoms with van der Waals surface area (Å²) in [5.41, 5.74) is 0. The number of carbonyl (C=O) groups is 1. The van der Waals surface area contributed by atoms with Gasteiger partial charge in [0.15, 0.2) is 11.0 Å². The van der Waals surface area contributed by atoms with Crippen LogP contribution in [0.1, 0.15) is 23.8 Å². The Morgan fingerprint density at radius 2 is 1.86 bits per heavy atom. The highest BCUT2D eigenvalue weighted by Gasteiger charge is 2.31. The van der Waals surface area contributed by atoms with Gasteiger partial charge in [-0.3, -0.25) is 14.3 Å². The molecule has 1 aliphatic carbocycles. The molecule has 1 saturated carbocycles. The number of amides is 1. The van der Waals surface area contributed by atoms with E-state index in [4.69, 9.17) is 0 Å². The van der Waals surface area contributed by atoms with E-state index in [0.29, 0.717) is 11.8 Å². The summed E-state index contributed by atoms with van der Waals surface area (Å²) in [4.78, 5) is 19.7. The first-order valence-corrected chi connectivity index (χ1v) is 12.7. The molecule has 1 saturated heterocycles. The van der Waals surface area contributed by atoms with Crippen LogP contribution in [0.2, 0.25) is 0 Å². The van der Waals surface area contributed by atoms with Crippen LogP contribution in [0.25, 0.3) is 10.7 Å². The lowest BCUT2D eigenvalue weighted by Crippen LogP contribution is -2.48. The predicted molar refractivity (Wildman–Crippen MR) is 119 cm³/mol. The van der Waals surface area contributed by atoms with Crippen LogP contribution >= 0.6 is 34.4 Å². The van der Waals surface area contributed by atoms with Crippen LogP contribution < -0.4 is 0 Å². The molecule has 6 nitrogen and oxygen atoms in total. The van der Waals surface area contributed by atoms with E-state index >= 15 is 0 Å². The lowest BCUT2D eigenvalue weighted by Gasteiger charge is -2.34. The number of nitrogens with zero attached hydrogens (tertiary/aromatic N) is 5. The normalized spacial score (nSPS) is 17.7. The summed E-state index contributed by atoms with van der Waals surface area (Å²) in [7, 11) is 0. The van der Waals surface area contributed by atoms with Gasteiger partial charge in [-0.15, -0.1) is 32.9 Å². The van der Waals surface area contributed by atoms with Crippen molar-refractivity contribution in [1.29, 1.82) is 0 Å². The molecule has 4 heterocycles. The molecule has 0 bridgehead atoms. The van der Waals surface area contributed by atoms with Crippen LogP contribution in [0, 0.1) is 0 Å². The van der Waals surface area contributed by atoms with E-state index in [1.807, 2.05) is 11.0 Å². The van der Waals surface area contributed by atoms with Crippen LogP contribution in [-0.4, -0.2) is 62.4 Å². The molecule has 152 valence electrons. The van der Waals surface area contributed by atoms with Crippen LogP contribution in [0.5, 0.6) is 0 Å². The standard InChI is InChI=1S/C20H23N5OS3/c26-18(24-9-7-23(8-10-24)13-16-3-1-11-27-16)14-29-20-22-21-19(17-4-2-12-28-17)25(20)15-5-6-15/h1-4,11-12,15H,5-10,13-14H2. The van der Waals surface area contributed by atoms with Crippen LogP contribution in [0.4, 0.5) is 0 Å². The van der Waals surface area contributed by atoms with Gasteiger partial charge in [0, 0.05) is 43.6 Å². The summed E-state index contributed by atoms with van der Waals surface area (Å²) in [5.74, 6) is 1.58. The molecule has 2 fully saturated rings. The topological polar surface area (TPSA) is 54.3 Å². The molecule has 3 aromatic heterocycles. The van der Waals surface area contributed by atoms with Crippen molar-refractivity contribution in [3.8, 4) is 10.7 Å². The van der Waals surface area contributed by atoms with Crippen molar-refractivity contribution in [2.45, 2.75) is 30.6 Å². The van der Waals surface area contributed by atoms with E-state index in [9.17, 15) is 4.79 Å². The molecule has 5 rings (SSSR count). The number of aromatic nitrogens is 3. The third-order valence-corrected chi connectivity index (χ3v) is 7.98. The largest absolute Gasteiger partial charge is 0.339 e. The minimum atomic E-state index is 0.203. The summed E-state index contributed by atoms with van der Waals surface area (Å²) in [6, 6.07) is 8.89. The lowest BCUT2D eigenvalue weighted by atomic mass is 10.3. The number of hydrogen-bond acceptors (Lipinski definition) is 7. The van der Waals surface area contributed by atoms with Gasteiger partial charge in [0.2, 0.25) is 5.91 Å². The molecule has 0 aromatic carbocycles. The average molecular weight is 446 g/mol. The smallest absolute Gasteiger partial charge is 0.233 e. The highest BCUT2D eigenvalue weighted by Crippen LogP contribution is 2.41. The highest BCUT2D eigenvalue weighted by molar-refractivity contribution is 7.99. The summed E-state index contributed by atoms with van der Waals surface area (Å²) < 4.78 is 2.24. The number of rotatable bonds is 7. The van der Waals surface area contributed by atoms with Gasteiger partial charge in [0.05, 0.1) is 10.6 Å². The van der Waals surface area contributed by atoms with Crippen molar-refractivity contribution in [1.82, 2.24) is 24.6 Å². The molecular formula is C20H23N5OS3.